The van der Waals surface area contributed by atoms with E-state index in [-0.39, 0.29) is 29.8 Å². The van der Waals surface area contributed by atoms with Gasteiger partial charge in [-0.1, -0.05) is 29.0 Å². The van der Waals surface area contributed by atoms with Crippen molar-refractivity contribution < 1.29 is 9.59 Å². The molecule has 2 fully saturated rings. The summed E-state index contributed by atoms with van der Waals surface area (Å²) in [6, 6.07) is 6.17. The lowest BCUT2D eigenvalue weighted by Crippen LogP contribution is -2.41. The molecule has 3 aromatic rings. The molecule has 178 valence electrons. The standard InChI is InChI=1S/C24H28N6O3S/c1-14-3-6-18(15(2)11-14)27-19(31)12-30-13-25-21-20(23(30)33)34-24(28-21)29-9-7-16(8-10-29)22(32)26-17-4-5-17/h3,6,11,13,16-17H,4-5,7-10,12H2,1-2H3,(H,26,32)(H,27,31). The zero-order valence-electron chi connectivity index (χ0n) is 19.3. The fourth-order valence-corrected chi connectivity index (χ4v) is 5.28. The number of hydrogen-bond donors (Lipinski definition) is 2. The Bertz CT molecular complexity index is 1300. The molecule has 0 unspecified atom stereocenters. The van der Waals surface area contributed by atoms with Crippen LogP contribution >= 0.6 is 11.3 Å². The smallest absolute Gasteiger partial charge is 0.273 e. The second-order valence-electron chi connectivity index (χ2n) is 9.24. The van der Waals surface area contributed by atoms with Crippen molar-refractivity contribution >= 4 is 44.3 Å². The van der Waals surface area contributed by atoms with Crippen molar-refractivity contribution in [3.05, 3.63) is 46.0 Å². The van der Waals surface area contributed by atoms with E-state index in [1.165, 1.54) is 22.2 Å². The highest BCUT2D eigenvalue weighted by Crippen LogP contribution is 2.30. The lowest BCUT2D eigenvalue weighted by atomic mass is 9.96. The maximum atomic E-state index is 13.0. The molecule has 1 aromatic carbocycles. The van der Waals surface area contributed by atoms with Gasteiger partial charge in [-0.05, 0) is 51.2 Å². The van der Waals surface area contributed by atoms with Gasteiger partial charge in [0.25, 0.3) is 5.56 Å². The number of fused-ring (bicyclic) bond motifs is 1. The van der Waals surface area contributed by atoms with Gasteiger partial charge in [0, 0.05) is 30.7 Å². The number of aryl methyl sites for hydroxylation is 2. The van der Waals surface area contributed by atoms with Crippen molar-refractivity contribution in [3.63, 3.8) is 0 Å². The lowest BCUT2D eigenvalue weighted by Gasteiger charge is -2.30. The molecule has 0 spiro atoms. The van der Waals surface area contributed by atoms with Gasteiger partial charge in [-0.25, -0.2) is 4.98 Å². The molecule has 1 aliphatic heterocycles. The number of aromatic nitrogens is 3. The van der Waals surface area contributed by atoms with Gasteiger partial charge in [-0.2, -0.15) is 4.98 Å². The minimum absolute atomic E-state index is 0.0391. The van der Waals surface area contributed by atoms with Crippen molar-refractivity contribution in [2.75, 3.05) is 23.3 Å². The van der Waals surface area contributed by atoms with Gasteiger partial charge < -0.3 is 15.5 Å². The summed E-state index contributed by atoms with van der Waals surface area (Å²) in [6.07, 6.45) is 5.10. The SMILES string of the molecule is Cc1ccc(NC(=O)Cn2cnc3nc(N4CCC(C(=O)NC5CC5)CC4)sc3c2=O)c(C)c1. The molecule has 0 atom stereocenters. The summed E-state index contributed by atoms with van der Waals surface area (Å²) in [5.74, 6) is -0.0844. The second-order valence-corrected chi connectivity index (χ2v) is 10.2. The Balaban J connectivity index is 1.25. The Morgan fingerprint density at radius 3 is 2.62 bits per heavy atom. The van der Waals surface area contributed by atoms with Gasteiger partial charge in [-0.15, -0.1) is 0 Å². The number of carbonyl (C=O) groups is 2. The molecule has 0 bridgehead atoms. The van der Waals surface area contributed by atoms with Crippen LogP contribution < -0.4 is 21.1 Å². The fraction of sp³-hybridized carbons (Fsp3) is 0.458. The zero-order chi connectivity index (χ0) is 23.8. The van der Waals surface area contributed by atoms with Gasteiger partial charge in [0.1, 0.15) is 17.6 Å². The molecule has 1 saturated heterocycles. The average Bonchev–Trinajstić information content (AvgIpc) is 3.52. The molecular formula is C24H28N6O3S. The number of thiazole rings is 1. The van der Waals surface area contributed by atoms with E-state index in [2.05, 4.69) is 25.5 Å². The van der Waals surface area contributed by atoms with Gasteiger partial charge in [0.05, 0.1) is 0 Å². The molecular weight excluding hydrogens is 452 g/mol. The maximum Gasteiger partial charge on any atom is 0.273 e. The van der Waals surface area contributed by atoms with E-state index < -0.39 is 0 Å². The Hall–Kier alpha value is -3.27. The summed E-state index contributed by atoms with van der Waals surface area (Å²) in [7, 11) is 0. The largest absolute Gasteiger partial charge is 0.353 e. The van der Waals surface area contributed by atoms with Crippen molar-refractivity contribution in [1.82, 2.24) is 19.9 Å². The second kappa shape index (κ2) is 9.17. The van der Waals surface area contributed by atoms with Crippen LogP contribution in [0.1, 0.15) is 36.8 Å². The summed E-state index contributed by atoms with van der Waals surface area (Å²) in [5, 5.41) is 6.69. The Morgan fingerprint density at radius 1 is 1.15 bits per heavy atom. The van der Waals surface area contributed by atoms with Crippen LogP contribution in [0.5, 0.6) is 0 Å². The van der Waals surface area contributed by atoms with E-state index in [1.54, 1.807) is 0 Å². The minimum atomic E-state index is -0.286. The third-order valence-corrected chi connectivity index (χ3v) is 7.50. The summed E-state index contributed by atoms with van der Waals surface area (Å²) >= 11 is 1.30. The van der Waals surface area contributed by atoms with Crippen LogP contribution in [0.15, 0.2) is 29.3 Å². The molecule has 2 aliphatic rings. The number of benzene rings is 1. The Labute approximate surface area is 201 Å². The monoisotopic (exact) mass is 480 g/mol. The number of piperidine rings is 1. The molecule has 1 aliphatic carbocycles. The molecule has 5 rings (SSSR count). The number of nitrogens with one attached hydrogen (secondary N) is 2. The first kappa shape index (κ1) is 22.5. The van der Waals surface area contributed by atoms with E-state index in [0.29, 0.717) is 16.4 Å². The fourth-order valence-electron chi connectivity index (χ4n) is 4.26. The molecule has 3 heterocycles. The van der Waals surface area contributed by atoms with Crippen LogP contribution in [-0.4, -0.2) is 45.5 Å². The Morgan fingerprint density at radius 2 is 1.91 bits per heavy atom. The molecule has 34 heavy (non-hydrogen) atoms. The number of amides is 2. The molecule has 2 aromatic heterocycles. The van der Waals surface area contributed by atoms with E-state index in [9.17, 15) is 14.4 Å². The third kappa shape index (κ3) is 4.82. The number of hydrogen-bond acceptors (Lipinski definition) is 7. The van der Waals surface area contributed by atoms with Crippen molar-refractivity contribution in [3.8, 4) is 0 Å². The quantitative estimate of drug-likeness (QED) is 0.561. The summed E-state index contributed by atoms with van der Waals surface area (Å²) < 4.78 is 1.75. The highest BCUT2D eigenvalue weighted by molar-refractivity contribution is 7.22. The first-order valence-electron chi connectivity index (χ1n) is 11.7. The van der Waals surface area contributed by atoms with Crippen LogP contribution in [0, 0.1) is 19.8 Å². The minimum Gasteiger partial charge on any atom is -0.353 e. The highest BCUT2D eigenvalue weighted by atomic mass is 32.1. The first-order valence-corrected chi connectivity index (χ1v) is 12.5. The van der Waals surface area contributed by atoms with E-state index in [4.69, 9.17) is 0 Å². The van der Waals surface area contributed by atoms with Crippen LogP contribution in [-0.2, 0) is 16.1 Å². The van der Waals surface area contributed by atoms with Crippen molar-refractivity contribution in [2.24, 2.45) is 5.92 Å². The van der Waals surface area contributed by atoms with Crippen LogP contribution in [0.3, 0.4) is 0 Å². The number of anilines is 2. The van der Waals surface area contributed by atoms with E-state index in [0.717, 1.165) is 60.7 Å². The summed E-state index contributed by atoms with van der Waals surface area (Å²) in [6.45, 7) is 5.24. The number of nitrogens with zero attached hydrogens (tertiary/aromatic N) is 4. The maximum absolute atomic E-state index is 13.0. The molecule has 9 nitrogen and oxygen atoms in total. The highest BCUT2D eigenvalue weighted by Gasteiger charge is 2.30. The molecule has 1 saturated carbocycles. The molecule has 2 N–H and O–H groups in total. The summed E-state index contributed by atoms with van der Waals surface area (Å²) in [5.41, 5.74) is 2.93. The molecule has 2 amide bonds. The number of rotatable bonds is 6. The van der Waals surface area contributed by atoms with Gasteiger partial charge in [0.2, 0.25) is 11.8 Å². The van der Waals surface area contributed by atoms with Crippen molar-refractivity contribution in [2.45, 2.75) is 52.1 Å². The predicted molar refractivity (Wildman–Crippen MR) is 132 cm³/mol. The van der Waals surface area contributed by atoms with Crippen LogP contribution in [0.2, 0.25) is 0 Å². The van der Waals surface area contributed by atoms with Gasteiger partial charge in [0.15, 0.2) is 10.8 Å². The summed E-state index contributed by atoms with van der Waals surface area (Å²) in [4.78, 5) is 48.9. The zero-order valence-corrected chi connectivity index (χ0v) is 20.2. The van der Waals surface area contributed by atoms with Crippen molar-refractivity contribution in [1.29, 1.82) is 0 Å². The predicted octanol–water partition coefficient (Wildman–Crippen LogP) is 2.60. The lowest BCUT2D eigenvalue weighted by molar-refractivity contribution is -0.125. The average molecular weight is 481 g/mol. The normalized spacial score (nSPS) is 16.6. The van der Waals surface area contributed by atoms with Gasteiger partial charge >= 0.3 is 0 Å². The molecule has 0 radical (unpaired) electrons. The van der Waals surface area contributed by atoms with Crippen LogP contribution in [0.4, 0.5) is 10.8 Å². The van der Waals surface area contributed by atoms with E-state index in [1.807, 2.05) is 32.0 Å². The van der Waals surface area contributed by atoms with E-state index >= 15 is 0 Å². The third-order valence-electron chi connectivity index (χ3n) is 6.40. The van der Waals surface area contributed by atoms with Gasteiger partial charge in [-0.3, -0.25) is 19.0 Å². The van der Waals surface area contributed by atoms with Crippen LogP contribution in [0.25, 0.3) is 10.3 Å². The Kier molecular flexibility index (Phi) is 6.07. The number of carbonyl (C=O) groups excluding carboxylic acids is 2. The first-order chi connectivity index (χ1) is 16.4. The molecule has 10 heteroatoms. The topological polar surface area (TPSA) is 109 Å².